The molecule has 0 aliphatic carbocycles. The number of ether oxygens (including phenoxy) is 1. The molecule has 2 atom stereocenters. The topological polar surface area (TPSA) is 24.8 Å². The quantitative estimate of drug-likeness (QED) is 0.551. The van der Waals surface area contributed by atoms with Gasteiger partial charge in [-0.2, -0.15) is 0 Å². The van der Waals surface area contributed by atoms with Gasteiger partial charge in [-0.3, -0.25) is 4.99 Å². The van der Waals surface area contributed by atoms with Crippen LogP contribution in [0.25, 0.3) is 0 Å². The first-order valence-corrected chi connectivity index (χ1v) is 9.46. The fourth-order valence-electron chi connectivity index (χ4n) is 3.57. The van der Waals surface area contributed by atoms with Gasteiger partial charge < -0.3 is 9.64 Å². The molecule has 0 saturated carbocycles. The molecule has 0 aromatic heterocycles. The van der Waals surface area contributed by atoms with Gasteiger partial charge in [0.1, 0.15) is 17.7 Å². The summed E-state index contributed by atoms with van der Waals surface area (Å²) in [4.78, 5) is 7.27. The molecular weight excluding hydrogens is 375 g/mol. The summed E-state index contributed by atoms with van der Waals surface area (Å²) in [6.45, 7) is 2.11. The van der Waals surface area contributed by atoms with Crippen molar-refractivity contribution in [1.82, 2.24) is 0 Å². The van der Waals surface area contributed by atoms with Crippen molar-refractivity contribution in [3.8, 4) is 5.75 Å². The van der Waals surface area contributed by atoms with Gasteiger partial charge in [-0.15, -0.1) is 0 Å². The highest BCUT2D eigenvalue weighted by molar-refractivity contribution is 6.30. The van der Waals surface area contributed by atoms with Crippen LogP contribution in [-0.4, -0.2) is 18.9 Å². The summed E-state index contributed by atoms with van der Waals surface area (Å²) in [6.07, 6.45) is -0.192. The minimum Gasteiger partial charge on any atom is -0.497 e. The molecule has 0 radical (unpaired) electrons. The number of hydrogen-bond donors (Lipinski definition) is 0. The predicted molar refractivity (Wildman–Crippen MR) is 112 cm³/mol. The van der Waals surface area contributed by atoms with Crippen LogP contribution in [-0.2, 0) is 0 Å². The molecule has 142 valence electrons. The van der Waals surface area contributed by atoms with Crippen LogP contribution < -0.4 is 9.64 Å². The van der Waals surface area contributed by atoms with Gasteiger partial charge in [-0.25, -0.2) is 4.39 Å². The standard InChI is InChI=1S/C23H20ClFN2O/c1-15-22(16-3-9-19(25)10-4-16)26-23(17-5-13-21(28-2)14-6-17)27(15)20-11-7-18(24)8-12-20/h3-15,23H,1-2H3. The second kappa shape index (κ2) is 7.64. The maximum atomic E-state index is 13.4. The van der Waals surface area contributed by atoms with Gasteiger partial charge in [0.2, 0.25) is 0 Å². The van der Waals surface area contributed by atoms with E-state index < -0.39 is 0 Å². The Kier molecular flexibility index (Phi) is 5.05. The zero-order valence-electron chi connectivity index (χ0n) is 15.6. The summed E-state index contributed by atoms with van der Waals surface area (Å²) in [7, 11) is 1.65. The molecule has 0 bridgehead atoms. The third-order valence-corrected chi connectivity index (χ3v) is 5.27. The van der Waals surface area contributed by atoms with Crippen molar-refractivity contribution < 1.29 is 9.13 Å². The molecule has 28 heavy (non-hydrogen) atoms. The van der Waals surface area contributed by atoms with Crippen molar-refractivity contribution in [2.24, 2.45) is 4.99 Å². The smallest absolute Gasteiger partial charge is 0.148 e. The van der Waals surface area contributed by atoms with Crippen molar-refractivity contribution in [3.63, 3.8) is 0 Å². The highest BCUT2D eigenvalue weighted by Gasteiger charge is 2.35. The van der Waals surface area contributed by atoms with Crippen LogP contribution in [0, 0.1) is 5.82 Å². The summed E-state index contributed by atoms with van der Waals surface area (Å²) >= 11 is 6.08. The van der Waals surface area contributed by atoms with Gasteiger partial charge in [0.15, 0.2) is 0 Å². The summed E-state index contributed by atoms with van der Waals surface area (Å²) in [5.41, 5.74) is 3.93. The molecule has 0 N–H and O–H groups in total. The molecular formula is C23H20ClFN2O. The number of benzene rings is 3. The lowest BCUT2D eigenvalue weighted by atomic mass is 10.0. The molecule has 0 saturated heterocycles. The SMILES string of the molecule is COc1ccc(C2N=C(c3ccc(F)cc3)C(C)N2c2ccc(Cl)cc2)cc1. The Morgan fingerprint density at radius 2 is 1.57 bits per heavy atom. The summed E-state index contributed by atoms with van der Waals surface area (Å²) in [6, 6.07) is 22.2. The van der Waals surface area contributed by atoms with Crippen LogP contribution in [0.2, 0.25) is 5.02 Å². The van der Waals surface area contributed by atoms with Crippen molar-refractivity contribution >= 4 is 23.0 Å². The number of halogens is 2. The molecule has 3 aromatic rings. The Bertz CT molecular complexity index is 985. The number of nitrogens with zero attached hydrogens (tertiary/aromatic N) is 2. The highest BCUT2D eigenvalue weighted by atomic mass is 35.5. The molecule has 0 amide bonds. The first kappa shape index (κ1) is 18.5. The fourth-order valence-corrected chi connectivity index (χ4v) is 3.70. The van der Waals surface area contributed by atoms with E-state index in [-0.39, 0.29) is 18.0 Å². The third kappa shape index (κ3) is 3.48. The van der Waals surface area contributed by atoms with E-state index in [4.69, 9.17) is 21.3 Å². The second-order valence-corrected chi connectivity index (χ2v) is 7.16. The van der Waals surface area contributed by atoms with Crippen LogP contribution in [0.1, 0.15) is 24.2 Å². The number of rotatable bonds is 4. The molecule has 5 heteroatoms. The number of hydrogen-bond acceptors (Lipinski definition) is 3. The van der Waals surface area contributed by atoms with Crippen molar-refractivity contribution in [3.05, 3.63) is 94.8 Å². The van der Waals surface area contributed by atoms with E-state index in [1.165, 1.54) is 12.1 Å². The Balaban J connectivity index is 1.78. The van der Waals surface area contributed by atoms with E-state index in [0.29, 0.717) is 5.02 Å². The third-order valence-electron chi connectivity index (χ3n) is 5.02. The van der Waals surface area contributed by atoms with Gasteiger partial charge in [-0.1, -0.05) is 35.9 Å². The predicted octanol–water partition coefficient (Wildman–Crippen LogP) is 5.88. The van der Waals surface area contributed by atoms with Crippen LogP contribution in [0.4, 0.5) is 10.1 Å². The van der Waals surface area contributed by atoms with Crippen molar-refractivity contribution in [1.29, 1.82) is 0 Å². The van der Waals surface area contributed by atoms with Gasteiger partial charge in [0.25, 0.3) is 0 Å². The van der Waals surface area contributed by atoms with Crippen molar-refractivity contribution in [2.45, 2.75) is 19.1 Å². The van der Waals surface area contributed by atoms with Crippen molar-refractivity contribution in [2.75, 3.05) is 12.0 Å². The van der Waals surface area contributed by atoms with Gasteiger partial charge in [0.05, 0.1) is 18.9 Å². The largest absolute Gasteiger partial charge is 0.497 e. The lowest BCUT2D eigenvalue weighted by Crippen LogP contribution is -2.35. The monoisotopic (exact) mass is 394 g/mol. The Morgan fingerprint density at radius 1 is 0.929 bits per heavy atom. The van der Waals surface area contributed by atoms with Crippen LogP contribution >= 0.6 is 11.6 Å². The van der Waals surface area contributed by atoms with E-state index in [0.717, 1.165) is 28.3 Å². The van der Waals surface area contributed by atoms with Crippen LogP contribution in [0.15, 0.2) is 77.8 Å². The maximum absolute atomic E-state index is 13.4. The highest BCUT2D eigenvalue weighted by Crippen LogP contribution is 2.38. The minimum atomic E-state index is -0.253. The minimum absolute atomic E-state index is 0.0127. The zero-order valence-corrected chi connectivity index (χ0v) is 16.4. The summed E-state index contributed by atoms with van der Waals surface area (Å²) < 4.78 is 18.7. The van der Waals surface area contributed by atoms with Crippen LogP contribution in [0.5, 0.6) is 5.75 Å². The van der Waals surface area contributed by atoms with Gasteiger partial charge in [0, 0.05) is 10.7 Å². The van der Waals surface area contributed by atoms with Gasteiger partial charge >= 0.3 is 0 Å². The van der Waals surface area contributed by atoms with E-state index in [2.05, 4.69) is 11.8 Å². The first-order chi connectivity index (χ1) is 13.6. The molecule has 3 nitrogen and oxygen atoms in total. The second-order valence-electron chi connectivity index (χ2n) is 6.73. The average Bonchev–Trinajstić information content (AvgIpc) is 3.06. The van der Waals surface area contributed by atoms with E-state index >= 15 is 0 Å². The Morgan fingerprint density at radius 3 is 2.18 bits per heavy atom. The van der Waals surface area contributed by atoms with E-state index in [9.17, 15) is 4.39 Å². The van der Waals surface area contributed by atoms with Crippen LogP contribution in [0.3, 0.4) is 0 Å². The lowest BCUT2D eigenvalue weighted by Gasteiger charge is -2.30. The summed E-state index contributed by atoms with van der Waals surface area (Å²) in [5, 5.41) is 0.691. The molecule has 4 rings (SSSR count). The molecule has 1 heterocycles. The number of aliphatic imine (C=N–C) groups is 1. The molecule has 3 aromatic carbocycles. The number of anilines is 1. The molecule has 1 aliphatic rings. The molecule has 0 fully saturated rings. The average molecular weight is 395 g/mol. The number of methoxy groups -OCH3 is 1. The first-order valence-electron chi connectivity index (χ1n) is 9.08. The summed E-state index contributed by atoms with van der Waals surface area (Å²) in [5.74, 6) is 0.548. The Hall–Kier alpha value is -2.85. The normalized spacial score (nSPS) is 18.9. The maximum Gasteiger partial charge on any atom is 0.148 e. The fraction of sp³-hybridized carbons (Fsp3) is 0.174. The lowest BCUT2D eigenvalue weighted by molar-refractivity contribution is 0.414. The molecule has 2 unspecified atom stereocenters. The molecule has 1 aliphatic heterocycles. The van der Waals surface area contributed by atoms with E-state index in [1.807, 2.05) is 48.5 Å². The molecule has 0 spiro atoms. The zero-order chi connectivity index (χ0) is 19.7. The van der Waals surface area contributed by atoms with E-state index in [1.54, 1.807) is 19.2 Å². The van der Waals surface area contributed by atoms with Gasteiger partial charge in [-0.05, 0) is 66.6 Å². The Labute approximate surface area is 169 Å².